The maximum Gasteiger partial charge on any atom is 0.165 e. The van der Waals surface area contributed by atoms with Crippen LogP contribution in [0.15, 0.2) is 18.2 Å². The molecule has 2 nitrogen and oxygen atoms in total. The van der Waals surface area contributed by atoms with Crippen molar-refractivity contribution in [1.82, 2.24) is 0 Å². The second-order valence-corrected chi connectivity index (χ2v) is 2.16. The zero-order valence-corrected chi connectivity index (χ0v) is 6.42. The van der Waals surface area contributed by atoms with Crippen LogP contribution in [0.1, 0.15) is 10.4 Å². The summed E-state index contributed by atoms with van der Waals surface area (Å²) in [6, 6.07) is 4.02. The van der Waals surface area contributed by atoms with Crippen molar-refractivity contribution in [3.63, 3.8) is 0 Å². The largest absolute Gasteiger partial charge is 0.491 e. The Morgan fingerprint density at radius 1 is 1.58 bits per heavy atom. The SMILES string of the molecule is [CH2]COc1ccc(C=O)cc1F. The van der Waals surface area contributed by atoms with E-state index in [1.165, 1.54) is 12.1 Å². The third kappa shape index (κ3) is 1.81. The van der Waals surface area contributed by atoms with Crippen LogP contribution in [-0.4, -0.2) is 12.9 Å². The molecule has 1 rings (SSSR count). The van der Waals surface area contributed by atoms with E-state index in [-0.39, 0.29) is 12.4 Å². The van der Waals surface area contributed by atoms with Crippen LogP contribution in [-0.2, 0) is 0 Å². The van der Waals surface area contributed by atoms with Crippen molar-refractivity contribution >= 4 is 6.29 Å². The molecular formula is C9H8FO2. The fourth-order valence-electron chi connectivity index (χ4n) is 0.817. The molecule has 0 fully saturated rings. The van der Waals surface area contributed by atoms with E-state index < -0.39 is 5.82 Å². The van der Waals surface area contributed by atoms with Gasteiger partial charge in [0.1, 0.15) is 6.29 Å². The Kier molecular flexibility index (Phi) is 2.80. The summed E-state index contributed by atoms with van der Waals surface area (Å²) in [6.45, 7) is 3.57. The summed E-state index contributed by atoms with van der Waals surface area (Å²) in [7, 11) is 0. The predicted molar refractivity (Wildman–Crippen MR) is 42.6 cm³/mol. The lowest BCUT2D eigenvalue weighted by atomic mass is 10.2. The number of benzene rings is 1. The van der Waals surface area contributed by atoms with Crippen molar-refractivity contribution in [2.24, 2.45) is 0 Å². The highest BCUT2D eigenvalue weighted by Gasteiger charge is 2.02. The van der Waals surface area contributed by atoms with E-state index in [2.05, 4.69) is 6.92 Å². The van der Waals surface area contributed by atoms with Crippen LogP contribution >= 0.6 is 0 Å². The molecule has 0 saturated heterocycles. The van der Waals surface area contributed by atoms with Crippen molar-refractivity contribution in [3.05, 3.63) is 36.5 Å². The lowest BCUT2D eigenvalue weighted by Gasteiger charge is -2.03. The third-order valence-corrected chi connectivity index (χ3v) is 1.35. The Labute approximate surface area is 70.0 Å². The Balaban J connectivity index is 2.94. The second kappa shape index (κ2) is 3.85. The first-order chi connectivity index (χ1) is 5.77. The van der Waals surface area contributed by atoms with E-state index in [0.717, 1.165) is 6.07 Å². The number of hydrogen-bond donors (Lipinski definition) is 0. The topological polar surface area (TPSA) is 26.3 Å². The van der Waals surface area contributed by atoms with Crippen LogP contribution in [0.3, 0.4) is 0 Å². The van der Waals surface area contributed by atoms with Gasteiger partial charge in [0.15, 0.2) is 11.6 Å². The molecule has 0 bridgehead atoms. The van der Waals surface area contributed by atoms with E-state index in [1.54, 1.807) is 0 Å². The van der Waals surface area contributed by atoms with E-state index in [9.17, 15) is 9.18 Å². The molecule has 0 aliphatic rings. The van der Waals surface area contributed by atoms with Crippen molar-refractivity contribution in [2.45, 2.75) is 0 Å². The van der Waals surface area contributed by atoms with Gasteiger partial charge in [-0.3, -0.25) is 4.79 Å². The van der Waals surface area contributed by atoms with Gasteiger partial charge in [-0.1, -0.05) is 0 Å². The highest BCUT2D eigenvalue weighted by atomic mass is 19.1. The molecule has 63 valence electrons. The number of carbonyl (C=O) groups is 1. The van der Waals surface area contributed by atoms with Crippen LogP contribution in [0.25, 0.3) is 0 Å². The molecular weight excluding hydrogens is 159 g/mol. The first kappa shape index (κ1) is 8.71. The average molecular weight is 167 g/mol. The van der Waals surface area contributed by atoms with Gasteiger partial charge in [-0.05, 0) is 25.1 Å². The normalized spacial score (nSPS) is 9.50. The molecule has 1 aromatic rings. The Morgan fingerprint density at radius 3 is 2.83 bits per heavy atom. The van der Waals surface area contributed by atoms with Gasteiger partial charge < -0.3 is 4.74 Å². The van der Waals surface area contributed by atoms with Gasteiger partial charge in [0.2, 0.25) is 0 Å². The minimum atomic E-state index is -0.539. The fourth-order valence-corrected chi connectivity index (χ4v) is 0.817. The summed E-state index contributed by atoms with van der Waals surface area (Å²) >= 11 is 0. The molecule has 12 heavy (non-hydrogen) atoms. The minimum absolute atomic E-state index is 0.121. The molecule has 0 aliphatic heterocycles. The molecule has 0 heterocycles. The highest BCUT2D eigenvalue weighted by molar-refractivity contribution is 5.74. The summed E-state index contributed by atoms with van der Waals surface area (Å²) in [4.78, 5) is 10.2. The van der Waals surface area contributed by atoms with Crippen molar-refractivity contribution in [3.8, 4) is 5.75 Å². The third-order valence-electron chi connectivity index (χ3n) is 1.35. The lowest BCUT2D eigenvalue weighted by molar-refractivity contribution is 0.112. The summed E-state index contributed by atoms with van der Waals surface area (Å²) in [5.41, 5.74) is 0.295. The van der Waals surface area contributed by atoms with Crippen LogP contribution in [0.5, 0.6) is 5.75 Å². The second-order valence-electron chi connectivity index (χ2n) is 2.16. The average Bonchev–Trinajstić information content (AvgIpc) is 2.09. The maximum atomic E-state index is 12.9. The smallest absolute Gasteiger partial charge is 0.165 e. The van der Waals surface area contributed by atoms with E-state index in [1.807, 2.05) is 0 Å². The van der Waals surface area contributed by atoms with Crippen LogP contribution in [0.2, 0.25) is 0 Å². The number of carbonyl (C=O) groups excluding carboxylic acids is 1. The Hall–Kier alpha value is -1.38. The summed E-state index contributed by atoms with van der Waals surface area (Å²) in [5, 5.41) is 0. The van der Waals surface area contributed by atoms with Crippen LogP contribution in [0, 0.1) is 12.7 Å². The molecule has 0 atom stereocenters. The molecule has 3 heteroatoms. The number of hydrogen-bond acceptors (Lipinski definition) is 2. The van der Waals surface area contributed by atoms with Gasteiger partial charge >= 0.3 is 0 Å². The maximum absolute atomic E-state index is 12.9. The Morgan fingerprint density at radius 2 is 2.33 bits per heavy atom. The van der Waals surface area contributed by atoms with Gasteiger partial charge in [-0.2, -0.15) is 0 Å². The van der Waals surface area contributed by atoms with Gasteiger partial charge in [0, 0.05) is 5.56 Å². The molecule has 0 N–H and O–H groups in total. The predicted octanol–water partition coefficient (Wildman–Crippen LogP) is 1.85. The summed E-state index contributed by atoms with van der Waals surface area (Å²) < 4.78 is 17.7. The summed E-state index contributed by atoms with van der Waals surface area (Å²) in [5.74, 6) is -0.418. The van der Waals surface area contributed by atoms with E-state index >= 15 is 0 Å². The van der Waals surface area contributed by atoms with Gasteiger partial charge in [-0.25, -0.2) is 4.39 Å². The number of rotatable bonds is 3. The molecule has 0 saturated carbocycles. The van der Waals surface area contributed by atoms with Crippen molar-refractivity contribution in [1.29, 1.82) is 0 Å². The molecule has 0 amide bonds. The first-order valence-corrected chi connectivity index (χ1v) is 3.44. The fraction of sp³-hybridized carbons (Fsp3) is 0.111. The van der Waals surface area contributed by atoms with Gasteiger partial charge in [0.05, 0.1) is 6.61 Å². The number of halogens is 1. The van der Waals surface area contributed by atoms with Crippen molar-refractivity contribution in [2.75, 3.05) is 6.61 Å². The quantitative estimate of drug-likeness (QED) is 0.642. The molecule has 1 aromatic carbocycles. The zero-order valence-electron chi connectivity index (χ0n) is 6.42. The monoisotopic (exact) mass is 167 g/mol. The molecule has 0 aliphatic carbocycles. The molecule has 0 spiro atoms. The number of aldehydes is 1. The van der Waals surface area contributed by atoms with Crippen LogP contribution in [0.4, 0.5) is 4.39 Å². The first-order valence-electron chi connectivity index (χ1n) is 3.44. The molecule has 1 radical (unpaired) electrons. The summed E-state index contributed by atoms with van der Waals surface area (Å²) in [6.07, 6.45) is 0.580. The van der Waals surface area contributed by atoms with E-state index in [4.69, 9.17) is 4.74 Å². The van der Waals surface area contributed by atoms with Crippen molar-refractivity contribution < 1.29 is 13.9 Å². The Bertz CT molecular complexity index is 284. The van der Waals surface area contributed by atoms with Crippen LogP contribution < -0.4 is 4.74 Å². The molecule has 0 aromatic heterocycles. The van der Waals surface area contributed by atoms with E-state index in [0.29, 0.717) is 11.8 Å². The van der Waals surface area contributed by atoms with Gasteiger partial charge in [-0.15, -0.1) is 0 Å². The highest BCUT2D eigenvalue weighted by Crippen LogP contribution is 2.17. The molecule has 0 unspecified atom stereocenters. The number of ether oxygens (including phenoxy) is 1. The zero-order chi connectivity index (χ0) is 8.97. The van der Waals surface area contributed by atoms with Gasteiger partial charge in [0.25, 0.3) is 0 Å². The standard InChI is InChI=1S/C9H8FO2/c1-2-12-9-4-3-7(6-11)5-8(9)10/h3-6H,1-2H2. The minimum Gasteiger partial charge on any atom is -0.491 e. The lowest BCUT2D eigenvalue weighted by Crippen LogP contribution is -1.95.